The zero-order valence-corrected chi connectivity index (χ0v) is 10.8. The molecule has 0 aromatic heterocycles. The Morgan fingerprint density at radius 3 is 1.12 bits per heavy atom. The first-order valence-corrected chi connectivity index (χ1v) is 5.65. The molecule has 0 bridgehead atoms. The molecule has 2 atom stereocenters. The van der Waals surface area contributed by atoms with Crippen molar-refractivity contribution in [3.63, 3.8) is 0 Å². The molecule has 0 aliphatic heterocycles. The van der Waals surface area contributed by atoms with E-state index in [1.807, 2.05) is 0 Å². The molecule has 0 saturated carbocycles. The average molecular weight is 398 g/mol. The van der Waals surface area contributed by atoms with Gasteiger partial charge >= 0.3 is 18.3 Å². The molecule has 0 radical (unpaired) electrons. The lowest BCUT2D eigenvalue weighted by Gasteiger charge is -2.52. The molecule has 0 saturated heterocycles. The Morgan fingerprint density at radius 2 is 0.840 bits per heavy atom. The Morgan fingerprint density at radius 1 is 0.520 bits per heavy atom. The maximum atomic E-state index is 14.2. The number of fused-ring (bicyclic) bond motifs is 1. The third-order valence-electron chi connectivity index (χ3n) is 3.61. The molecular weight excluding hydrogens is 398 g/mol. The monoisotopic (exact) mass is 398 g/mol. The lowest BCUT2D eigenvalue weighted by Crippen LogP contribution is -2.72. The van der Waals surface area contributed by atoms with Gasteiger partial charge in [0.15, 0.2) is 23.3 Å². The topological polar surface area (TPSA) is 0 Å². The van der Waals surface area contributed by atoms with Crippen LogP contribution in [0.5, 0.6) is 0 Å². The van der Waals surface area contributed by atoms with Crippen molar-refractivity contribution in [2.45, 2.75) is 29.6 Å². The number of alkyl halides is 10. The minimum Gasteiger partial charge on any atom is -0.227 e. The van der Waals surface area contributed by atoms with Crippen molar-refractivity contribution in [1.29, 1.82) is 0 Å². The van der Waals surface area contributed by atoms with Crippen LogP contribution < -0.4 is 0 Å². The average Bonchev–Trinajstić information content (AvgIpc) is 2.44. The van der Waals surface area contributed by atoms with E-state index in [1.54, 1.807) is 0 Å². The van der Waals surface area contributed by atoms with Crippen molar-refractivity contribution in [2.75, 3.05) is 0 Å². The van der Waals surface area contributed by atoms with Gasteiger partial charge in [-0.3, -0.25) is 0 Å². The van der Waals surface area contributed by atoms with Gasteiger partial charge in [0.1, 0.15) is 0 Å². The summed E-state index contributed by atoms with van der Waals surface area (Å²) in [5.74, 6) is -20.3. The van der Waals surface area contributed by atoms with Gasteiger partial charge in [0.2, 0.25) is 0 Å². The van der Waals surface area contributed by atoms with Gasteiger partial charge in [0.25, 0.3) is 11.3 Å². The normalized spacial score (nSPS) is 27.1. The fourth-order valence-electron chi connectivity index (χ4n) is 2.47. The molecule has 1 aliphatic carbocycles. The maximum absolute atomic E-state index is 14.2. The first-order chi connectivity index (χ1) is 10.9. The van der Waals surface area contributed by atoms with Crippen LogP contribution in [0.15, 0.2) is 0 Å². The summed E-state index contributed by atoms with van der Waals surface area (Å²) in [6.45, 7) is 0. The molecular formula is C11F14. The van der Waals surface area contributed by atoms with Crippen LogP contribution in [0.4, 0.5) is 61.5 Å². The van der Waals surface area contributed by atoms with Crippen molar-refractivity contribution in [3.05, 3.63) is 34.4 Å². The molecule has 0 nitrogen and oxygen atoms in total. The first-order valence-electron chi connectivity index (χ1n) is 5.65. The molecule has 0 heterocycles. The van der Waals surface area contributed by atoms with Crippen LogP contribution in [0.3, 0.4) is 0 Å². The minimum absolute atomic E-state index is 3.15. The lowest BCUT2D eigenvalue weighted by molar-refractivity contribution is -0.403. The fourth-order valence-corrected chi connectivity index (χ4v) is 2.47. The van der Waals surface area contributed by atoms with Crippen molar-refractivity contribution < 1.29 is 61.5 Å². The van der Waals surface area contributed by atoms with E-state index in [0.29, 0.717) is 0 Å². The Labute approximate surface area is 127 Å². The third-order valence-corrected chi connectivity index (χ3v) is 3.61. The molecule has 1 aromatic rings. The van der Waals surface area contributed by atoms with Crippen molar-refractivity contribution in [3.8, 4) is 0 Å². The summed E-state index contributed by atoms with van der Waals surface area (Å²) in [5, 5.41) is 0. The van der Waals surface area contributed by atoms with Gasteiger partial charge in [-0.1, -0.05) is 0 Å². The minimum atomic E-state index is -7.28. The molecule has 142 valence electrons. The van der Waals surface area contributed by atoms with E-state index in [2.05, 4.69) is 0 Å². The molecule has 25 heavy (non-hydrogen) atoms. The molecule has 0 amide bonds. The van der Waals surface area contributed by atoms with Crippen molar-refractivity contribution in [1.82, 2.24) is 0 Å². The van der Waals surface area contributed by atoms with Crippen LogP contribution in [0.1, 0.15) is 11.1 Å². The molecule has 14 heteroatoms. The molecule has 1 aromatic carbocycles. The number of rotatable bonds is 1. The second-order valence-electron chi connectivity index (χ2n) is 4.89. The van der Waals surface area contributed by atoms with E-state index in [0.717, 1.165) is 0 Å². The predicted molar refractivity (Wildman–Crippen MR) is 48.9 cm³/mol. The van der Waals surface area contributed by atoms with Crippen LogP contribution in [-0.2, 0) is 11.3 Å². The SMILES string of the molecule is Fc1c(F)c(F)c2c(c1F)[C@@](F)(C(F)(F)F)[C@]2(F)C(F)(F)C(F)(F)F. The number of hydrogen-bond acceptors (Lipinski definition) is 0. The van der Waals surface area contributed by atoms with Gasteiger partial charge in [0.05, 0.1) is 5.56 Å². The second-order valence-corrected chi connectivity index (χ2v) is 4.89. The quantitative estimate of drug-likeness (QED) is 0.340. The van der Waals surface area contributed by atoms with Crippen LogP contribution in [-0.4, -0.2) is 18.3 Å². The zero-order chi connectivity index (χ0) is 20.0. The summed E-state index contributed by atoms with van der Waals surface area (Å²) < 4.78 is 182. The van der Waals surface area contributed by atoms with E-state index in [1.165, 1.54) is 0 Å². The Balaban J connectivity index is 3.05. The smallest absolute Gasteiger partial charge is 0.227 e. The Bertz CT molecular complexity index is 743. The van der Waals surface area contributed by atoms with Crippen LogP contribution in [0.25, 0.3) is 0 Å². The van der Waals surface area contributed by atoms with E-state index in [4.69, 9.17) is 0 Å². The molecule has 2 rings (SSSR count). The van der Waals surface area contributed by atoms with Crippen molar-refractivity contribution >= 4 is 0 Å². The summed E-state index contributed by atoms with van der Waals surface area (Å²) in [6, 6.07) is 0. The Hall–Kier alpha value is -1.76. The second kappa shape index (κ2) is 4.69. The molecule has 0 fully saturated rings. The summed E-state index contributed by atoms with van der Waals surface area (Å²) >= 11 is 0. The van der Waals surface area contributed by atoms with Gasteiger partial charge < -0.3 is 0 Å². The number of benzene rings is 1. The van der Waals surface area contributed by atoms with Gasteiger partial charge in [-0.15, -0.1) is 0 Å². The van der Waals surface area contributed by atoms with Gasteiger partial charge in [-0.25, -0.2) is 26.3 Å². The van der Waals surface area contributed by atoms with E-state index in [-0.39, 0.29) is 0 Å². The summed E-state index contributed by atoms with van der Waals surface area (Å²) in [5.41, 5.74) is -19.5. The highest BCUT2D eigenvalue weighted by Gasteiger charge is 2.93. The van der Waals surface area contributed by atoms with Gasteiger partial charge in [-0.2, -0.15) is 35.1 Å². The fraction of sp³-hybridized carbons (Fsp3) is 0.455. The molecule has 0 spiro atoms. The van der Waals surface area contributed by atoms with Gasteiger partial charge in [-0.05, 0) is 0 Å². The molecule has 1 aliphatic rings. The van der Waals surface area contributed by atoms with Crippen molar-refractivity contribution in [2.24, 2.45) is 0 Å². The highest BCUT2D eigenvalue weighted by molar-refractivity contribution is 5.56. The molecule has 0 N–H and O–H groups in total. The van der Waals surface area contributed by atoms with Crippen LogP contribution >= 0.6 is 0 Å². The summed E-state index contributed by atoms with van der Waals surface area (Å²) in [6.07, 6.45) is -14.2. The summed E-state index contributed by atoms with van der Waals surface area (Å²) in [4.78, 5) is 0. The summed E-state index contributed by atoms with van der Waals surface area (Å²) in [7, 11) is 0. The first kappa shape index (κ1) is 19.6. The standard InChI is InChI=1S/C11F14/c12-3-1-2(4(13)6(15)5(3)14)8(17,10(20,21)22)7(1,16)9(18,19)11(23,24)25/t7-,8-/m0/s1. The zero-order valence-electron chi connectivity index (χ0n) is 10.8. The number of halogens is 14. The van der Waals surface area contributed by atoms with E-state index < -0.39 is 64.0 Å². The number of hydrogen-bond donors (Lipinski definition) is 0. The Kier molecular flexibility index (Phi) is 3.67. The van der Waals surface area contributed by atoms with Gasteiger partial charge in [0, 0.05) is 5.56 Å². The van der Waals surface area contributed by atoms with Crippen LogP contribution in [0, 0.1) is 23.3 Å². The van der Waals surface area contributed by atoms with Crippen LogP contribution in [0.2, 0.25) is 0 Å². The largest absolute Gasteiger partial charge is 0.457 e. The lowest BCUT2D eigenvalue weighted by atomic mass is 9.59. The highest BCUT2D eigenvalue weighted by atomic mass is 19.4. The van der Waals surface area contributed by atoms with E-state index >= 15 is 0 Å². The maximum Gasteiger partial charge on any atom is 0.457 e. The molecule has 0 unspecified atom stereocenters. The third kappa shape index (κ3) is 1.85. The van der Waals surface area contributed by atoms with E-state index in [9.17, 15) is 61.5 Å². The highest BCUT2D eigenvalue weighted by Crippen LogP contribution is 2.73. The predicted octanol–water partition coefficient (Wildman–Crippen LogP) is 5.35.